The average Bonchev–Trinajstić information content (AvgIpc) is 2.88. The molecule has 0 saturated carbocycles. The Morgan fingerprint density at radius 3 is 2.53 bits per heavy atom. The lowest BCUT2D eigenvalue weighted by atomic mass is 10.2. The maximum Gasteiger partial charge on any atom is 0.276 e. The van der Waals surface area contributed by atoms with Crippen LogP contribution in [0.2, 0.25) is 0 Å². The van der Waals surface area contributed by atoms with Crippen molar-refractivity contribution in [3.05, 3.63) is 42.1 Å². The predicted octanol–water partition coefficient (Wildman–Crippen LogP) is 2.21. The molecular weight excluding hydrogens is 242 g/mol. The molecule has 3 aromatic rings. The first-order chi connectivity index (χ1) is 9.22. The van der Waals surface area contributed by atoms with E-state index in [1.54, 1.807) is 12.4 Å². The molecule has 6 nitrogen and oxygen atoms in total. The van der Waals surface area contributed by atoms with Gasteiger partial charge in [-0.3, -0.25) is 4.98 Å². The lowest BCUT2D eigenvalue weighted by molar-refractivity contribution is 0.430. The van der Waals surface area contributed by atoms with E-state index in [1.165, 1.54) is 0 Å². The molecule has 0 saturated heterocycles. The van der Waals surface area contributed by atoms with Crippen molar-refractivity contribution < 1.29 is 4.52 Å². The molecular formula is C13H11N5O. The molecule has 6 heteroatoms. The van der Waals surface area contributed by atoms with E-state index in [0.29, 0.717) is 23.2 Å². The van der Waals surface area contributed by atoms with Gasteiger partial charge >= 0.3 is 0 Å². The van der Waals surface area contributed by atoms with Gasteiger partial charge < -0.3 is 4.52 Å². The largest absolute Gasteiger partial charge is 0.332 e. The number of aromatic nitrogens is 5. The van der Waals surface area contributed by atoms with Gasteiger partial charge in [-0.15, -0.1) is 0 Å². The Morgan fingerprint density at radius 2 is 1.79 bits per heavy atom. The molecule has 0 fully saturated rings. The summed E-state index contributed by atoms with van der Waals surface area (Å²) in [4.78, 5) is 16.8. The molecule has 94 valence electrons. The molecule has 19 heavy (non-hydrogen) atoms. The van der Waals surface area contributed by atoms with Crippen molar-refractivity contribution in [1.82, 2.24) is 25.1 Å². The van der Waals surface area contributed by atoms with Crippen LogP contribution in [-0.4, -0.2) is 25.1 Å². The molecule has 0 unspecified atom stereocenters. The summed E-state index contributed by atoms with van der Waals surface area (Å²) < 4.78 is 5.24. The van der Waals surface area contributed by atoms with Gasteiger partial charge in [-0.1, -0.05) is 5.16 Å². The maximum absolute atomic E-state index is 5.24. The summed E-state index contributed by atoms with van der Waals surface area (Å²) in [6.45, 7) is 3.73. The summed E-state index contributed by atoms with van der Waals surface area (Å²) in [6.07, 6.45) is 3.37. The number of hydrogen-bond acceptors (Lipinski definition) is 6. The van der Waals surface area contributed by atoms with Crippen LogP contribution in [0, 0.1) is 13.8 Å². The zero-order valence-electron chi connectivity index (χ0n) is 10.5. The standard InChI is InChI=1S/C13H11N5O/c1-8-7-11(16-9(2)15-8)13-17-12(18-19-13)10-3-5-14-6-4-10/h3-7H,1-2H3. The molecule has 0 N–H and O–H groups in total. The molecule has 0 radical (unpaired) electrons. The minimum atomic E-state index is 0.389. The fourth-order valence-electron chi connectivity index (χ4n) is 1.77. The zero-order chi connectivity index (χ0) is 13.2. The lowest BCUT2D eigenvalue weighted by Gasteiger charge is -1.97. The Bertz CT molecular complexity index is 688. The van der Waals surface area contributed by atoms with Crippen LogP contribution in [-0.2, 0) is 0 Å². The van der Waals surface area contributed by atoms with Gasteiger partial charge in [0, 0.05) is 23.7 Å². The van der Waals surface area contributed by atoms with E-state index in [1.807, 2.05) is 32.0 Å². The monoisotopic (exact) mass is 253 g/mol. The number of rotatable bonds is 2. The van der Waals surface area contributed by atoms with Crippen LogP contribution >= 0.6 is 0 Å². The number of hydrogen-bond donors (Lipinski definition) is 0. The summed E-state index contributed by atoms with van der Waals surface area (Å²) >= 11 is 0. The van der Waals surface area contributed by atoms with Crippen molar-refractivity contribution in [2.45, 2.75) is 13.8 Å². The van der Waals surface area contributed by atoms with Crippen LogP contribution in [0.1, 0.15) is 11.5 Å². The van der Waals surface area contributed by atoms with Crippen molar-refractivity contribution in [2.24, 2.45) is 0 Å². The Morgan fingerprint density at radius 1 is 1.00 bits per heavy atom. The molecule has 3 rings (SSSR count). The highest BCUT2D eigenvalue weighted by Crippen LogP contribution is 2.20. The van der Waals surface area contributed by atoms with Crippen molar-refractivity contribution in [3.8, 4) is 23.0 Å². The molecule has 0 atom stereocenters. The lowest BCUT2D eigenvalue weighted by Crippen LogP contribution is -1.93. The fourth-order valence-corrected chi connectivity index (χ4v) is 1.77. The molecule has 0 bridgehead atoms. The summed E-state index contributed by atoms with van der Waals surface area (Å²) in [7, 11) is 0. The van der Waals surface area contributed by atoms with Crippen LogP contribution in [0.25, 0.3) is 23.0 Å². The predicted molar refractivity (Wildman–Crippen MR) is 68.0 cm³/mol. The van der Waals surface area contributed by atoms with Crippen LogP contribution in [0.5, 0.6) is 0 Å². The first kappa shape index (κ1) is 11.5. The summed E-state index contributed by atoms with van der Waals surface area (Å²) in [6, 6.07) is 5.47. The highest BCUT2D eigenvalue weighted by atomic mass is 16.5. The fraction of sp³-hybridized carbons (Fsp3) is 0.154. The summed E-state index contributed by atoms with van der Waals surface area (Å²) in [5, 5.41) is 3.95. The second kappa shape index (κ2) is 4.56. The number of pyridine rings is 1. The van der Waals surface area contributed by atoms with Crippen molar-refractivity contribution in [3.63, 3.8) is 0 Å². The van der Waals surface area contributed by atoms with Gasteiger partial charge in [0.15, 0.2) is 0 Å². The molecule has 0 aromatic carbocycles. The zero-order valence-corrected chi connectivity index (χ0v) is 10.5. The van der Waals surface area contributed by atoms with E-state index in [0.717, 1.165) is 11.3 Å². The van der Waals surface area contributed by atoms with E-state index in [-0.39, 0.29) is 0 Å². The van der Waals surface area contributed by atoms with Gasteiger partial charge in [0.25, 0.3) is 5.89 Å². The second-order valence-corrected chi connectivity index (χ2v) is 4.10. The van der Waals surface area contributed by atoms with Gasteiger partial charge in [0.05, 0.1) is 0 Å². The first-order valence-corrected chi connectivity index (χ1v) is 5.79. The minimum Gasteiger partial charge on any atom is -0.332 e. The smallest absolute Gasteiger partial charge is 0.276 e. The second-order valence-electron chi connectivity index (χ2n) is 4.10. The van der Waals surface area contributed by atoms with E-state index in [2.05, 4.69) is 25.1 Å². The first-order valence-electron chi connectivity index (χ1n) is 5.79. The third-order valence-corrected chi connectivity index (χ3v) is 2.55. The third-order valence-electron chi connectivity index (χ3n) is 2.55. The normalized spacial score (nSPS) is 10.6. The molecule has 0 spiro atoms. The number of aryl methyl sites for hydroxylation is 2. The Labute approximate surface area is 109 Å². The minimum absolute atomic E-state index is 0.389. The highest BCUT2D eigenvalue weighted by Gasteiger charge is 2.12. The van der Waals surface area contributed by atoms with Crippen LogP contribution in [0.3, 0.4) is 0 Å². The van der Waals surface area contributed by atoms with E-state index in [4.69, 9.17) is 4.52 Å². The molecule has 0 aliphatic heterocycles. The summed E-state index contributed by atoms with van der Waals surface area (Å²) in [5.41, 5.74) is 2.36. The van der Waals surface area contributed by atoms with Crippen molar-refractivity contribution >= 4 is 0 Å². The van der Waals surface area contributed by atoms with Gasteiger partial charge in [0.1, 0.15) is 11.5 Å². The molecule has 0 aliphatic carbocycles. The average molecular weight is 253 g/mol. The molecule has 3 aromatic heterocycles. The van der Waals surface area contributed by atoms with Gasteiger partial charge in [-0.25, -0.2) is 9.97 Å². The van der Waals surface area contributed by atoms with Crippen LogP contribution in [0.15, 0.2) is 35.1 Å². The van der Waals surface area contributed by atoms with Crippen molar-refractivity contribution in [2.75, 3.05) is 0 Å². The van der Waals surface area contributed by atoms with Crippen molar-refractivity contribution in [1.29, 1.82) is 0 Å². The van der Waals surface area contributed by atoms with E-state index < -0.39 is 0 Å². The Kier molecular flexibility index (Phi) is 2.75. The quantitative estimate of drug-likeness (QED) is 0.696. The third kappa shape index (κ3) is 2.33. The van der Waals surface area contributed by atoms with E-state index in [9.17, 15) is 0 Å². The van der Waals surface area contributed by atoms with Gasteiger partial charge in [0.2, 0.25) is 5.82 Å². The SMILES string of the molecule is Cc1cc(-c2nc(-c3ccncc3)no2)nc(C)n1. The Balaban J connectivity index is 2.02. The van der Waals surface area contributed by atoms with Crippen LogP contribution < -0.4 is 0 Å². The van der Waals surface area contributed by atoms with E-state index >= 15 is 0 Å². The highest BCUT2D eigenvalue weighted by molar-refractivity contribution is 5.57. The molecule has 0 amide bonds. The van der Waals surface area contributed by atoms with Gasteiger partial charge in [-0.2, -0.15) is 4.98 Å². The van der Waals surface area contributed by atoms with Crippen LogP contribution in [0.4, 0.5) is 0 Å². The molecule has 0 aliphatic rings. The molecule has 3 heterocycles. The topological polar surface area (TPSA) is 77.6 Å². The van der Waals surface area contributed by atoms with Gasteiger partial charge in [-0.05, 0) is 32.0 Å². The number of nitrogens with zero attached hydrogens (tertiary/aromatic N) is 5. The summed E-state index contributed by atoms with van der Waals surface area (Å²) in [5.74, 6) is 1.59. The maximum atomic E-state index is 5.24. The Hall–Kier alpha value is -2.63.